The van der Waals surface area contributed by atoms with Gasteiger partial charge in [0.15, 0.2) is 5.65 Å². The Morgan fingerprint density at radius 1 is 1.38 bits per heavy atom. The molecule has 1 fully saturated rings. The van der Waals surface area contributed by atoms with E-state index in [1.165, 1.54) is 6.42 Å². The first kappa shape index (κ1) is 17.7. The average Bonchev–Trinajstić information content (AvgIpc) is 3.07. The summed E-state index contributed by atoms with van der Waals surface area (Å²) in [7, 11) is 0. The second-order valence-electron chi connectivity index (χ2n) is 4.90. The molecule has 2 aromatic heterocycles. The van der Waals surface area contributed by atoms with E-state index >= 15 is 0 Å². The normalized spacial score (nSPS) is 17.0. The van der Waals surface area contributed by atoms with Crippen molar-refractivity contribution in [3.63, 3.8) is 0 Å². The van der Waals surface area contributed by atoms with E-state index in [9.17, 15) is 4.79 Å². The van der Waals surface area contributed by atoms with Crippen molar-refractivity contribution in [2.24, 2.45) is 5.92 Å². The van der Waals surface area contributed by atoms with Gasteiger partial charge in [-0.05, 0) is 44.0 Å². The third-order valence-corrected chi connectivity index (χ3v) is 3.51. The minimum Gasteiger partial charge on any atom is -0.316 e. The van der Waals surface area contributed by atoms with E-state index in [0.29, 0.717) is 18.3 Å². The van der Waals surface area contributed by atoms with Crippen LogP contribution < -0.4 is 10.6 Å². The Morgan fingerprint density at radius 2 is 2.24 bits per heavy atom. The highest BCUT2D eigenvalue weighted by atomic mass is 35.5. The predicted molar refractivity (Wildman–Crippen MR) is 86.3 cm³/mol. The molecule has 0 aromatic carbocycles. The number of pyridine rings is 1. The van der Waals surface area contributed by atoms with E-state index in [-0.39, 0.29) is 30.7 Å². The fourth-order valence-electron chi connectivity index (χ4n) is 2.41. The summed E-state index contributed by atoms with van der Waals surface area (Å²) < 4.78 is 1.77. The van der Waals surface area contributed by atoms with Gasteiger partial charge in [0.1, 0.15) is 0 Å². The molecule has 0 radical (unpaired) electrons. The van der Waals surface area contributed by atoms with E-state index < -0.39 is 0 Å². The number of nitrogens with zero attached hydrogens (tertiary/aromatic N) is 3. The van der Waals surface area contributed by atoms with Crippen LogP contribution in [0.15, 0.2) is 24.4 Å². The quantitative estimate of drug-likeness (QED) is 0.897. The summed E-state index contributed by atoms with van der Waals surface area (Å²) in [4.78, 5) is 11.9. The van der Waals surface area contributed by atoms with Gasteiger partial charge in [-0.3, -0.25) is 14.5 Å². The predicted octanol–water partition coefficient (Wildman–Crippen LogP) is 1.90. The van der Waals surface area contributed by atoms with Gasteiger partial charge in [0.25, 0.3) is 0 Å². The van der Waals surface area contributed by atoms with Crippen molar-refractivity contribution in [3.05, 3.63) is 24.4 Å². The number of aromatic nitrogens is 3. The zero-order valence-corrected chi connectivity index (χ0v) is 13.1. The molecule has 8 heteroatoms. The maximum atomic E-state index is 11.9. The van der Waals surface area contributed by atoms with Gasteiger partial charge in [-0.1, -0.05) is 6.07 Å². The zero-order chi connectivity index (χ0) is 13.1. The lowest BCUT2D eigenvalue weighted by Gasteiger charge is -2.07. The van der Waals surface area contributed by atoms with Crippen LogP contribution in [-0.2, 0) is 4.79 Å². The van der Waals surface area contributed by atoms with Crippen molar-refractivity contribution in [2.45, 2.75) is 19.3 Å². The van der Waals surface area contributed by atoms with Crippen LogP contribution in [0.1, 0.15) is 19.3 Å². The molecule has 0 saturated carbocycles. The Bertz CT molecular complexity index is 583. The number of hydrogen-bond donors (Lipinski definition) is 2. The molecule has 116 valence electrons. The van der Waals surface area contributed by atoms with Crippen LogP contribution in [0, 0.1) is 5.92 Å². The highest BCUT2D eigenvalue weighted by Gasteiger charge is 2.16. The van der Waals surface area contributed by atoms with Crippen LogP contribution in [0.2, 0.25) is 0 Å². The highest BCUT2D eigenvalue weighted by molar-refractivity contribution is 5.89. The first-order valence-electron chi connectivity index (χ1n) is 6.63. The number of fused-ring (bicyclic) bond motifs is 1. The second-order valence-corrected chi connectivity index (χ2v) is 4.90. The van der Waals surface area contributed by atoms with E-state index in [1.807, 2.05) is 24.4 Å². The summed E-state index contributed by atoms with van der Waals surface area (Å²) in [5, 5.41) is 14.1. The zero-order valence-electron chi connectivity index (χ0n) is 11.5. The third kappa shape index (κ3) is 4.30. The van der Waals surface area contributed by atoms with Gasteiger partial charge < -0.3 is 5.32 Å². The smallest absolute Gasteiger partial charge is 0.235 e. The van der Waals surface area contributed by atoms with Gasteiger partial charge in [-0.25, -0.2) is 0 Å². The number of carbonyl (C=O) groups excluding carboxylic acids is 1. The average molecular weight is 332 g/mol. The van der Waals surface area contributed by atoms with Crippen molar-refractivity contribution in [2.75, 3.05) is 18.4 Å². The number of carbonyl (C=O) groups is 1. The van der Waals surface area contributed by atoms with Gasteiger partial charge in [-0.15, -0.1) is 35.0 Å². The Labute approximate surface area is 135 Å². The molecule has 6 nitrogen and oxygen atoms in total. The van der Waals surface area contributed by atoms with Crippen molar-refractivity contribution in [1.82, 2.24) is 19.9 Å². The molecule has 1 amide bonds. The summed E-state index contributed by atoms with van der Waals surface area (Å²) in [6, 6.07) is 5.63. The number of anilines is 1. The first-order chi connectivity index (χ1) is 9.33. The minimum atomic E-state index is 0. The van der Waals surface area contributed by atoms with E-state index in [0.717, 1.165) is 25.2 Å². The summed E-state index contributed by atoms with van der Waals surface area (Å²) in [5.41, 5.74) is 0.734. The molecule has 1 aliphatic rings. The maximum Gasteiger partial charge on any atom is 0.235 e. The molecule has 1 saturated heterocycles. The molecule has 21 heavy (non-hydrogen) atoms. The summed E-state index contributed by atoms with van der Waals surface area (Å²) in [6.45, 7) is 2.10. The molecule has 1 unspecified atom stereocenters. The van der Waals surface area contributed by atoms with Gasteiger partial charge in [0, 0.05) is 12.6 Å². The molecule has 1 aliphatic heterocycles. The third-order valence-electron chi connectivity index (χ3n) is 3.51. The summed E-state index contributed by atoms with van der Waals surface area (Å²) in [5.74, 6) is 1.12. The molecular formula is C13H19Cl2N5O. The number of rotatable bonds is 4. The molecular weight excluding hydrogens is 313 g/mol. The molecule has 0 aliphatic carbocycles. The van der Waals surface area contributed by atoms with Gasteiger partial charge in [0.05, 0.1) is 0 Å². The monoisotopic (exact) mass is 331 g/mol. The summed E-state index contributed by atoms with van der Waals surface area (Å²) in [6.07, 6.45) is 4.47. The number of halogens is 2. The van der Waals surface area contributed by atoms with Crippen LogP contribution in [0.3, 0.4) is 0 Å². The largest absolute Gasteiger partial charge is 0.316 e. The molecule has 3 rings (SSSR count). The number of nitrogens with one attached hydrogen (secondary N) is 2. The molecule has 0 spiro atoms. The lowest BCUT2D eigenvalue weighted by atomic mass is 10.0. The number of amides is 1. The molecule has 2 aromatic rings. The van der Waals surface area contributed by atoms with Crippen LogP contribution in [0.4, 0.5) is 5.95 Å². The Hall–Kier alpha value is -1.37. The SMILES string of the molecule is Cl.Cl.O=C(CCC1CCNC1)Nc1nnc2ccccn12. The van der Waals surface area contributed by atoms with Crippen LogP contribution in [-0.4, -0.2) is 33.6 Å². The molecule has 1 atom stereocenters. The number of hydrogen-bond acceptors (Lipinski definition) is 4. The summed E-state index contributed by atoms with van der Waals surface area (Å²) >= 11 is 0. The molecule has 3 heterocycles. The van der Waals surface area contributed by atoms with Gasteiger partial charge in [-0.2, -0.15) is 0 Å². The van der Waals surface area contributed by atoms with E-state index in [4.69, 9.17) is 0 Å². The minimum absolute atomic E-state index is 0. The highest BCUT2D eigenvalue weighted by Crippen LogP contribution is 2.15. The Kier molecular flexibility index (Phi) is 6.87. The molecule has 2 N–H and O–H groups in total. The van der Waals surface area contributed by atoms with E-state index in [1.54, 1.807) is 4.40 Å². The van der Waals surface area contributed by atoms with Crippen LogP contribution in [0.5, 0.6) is 0 Å². The van der Waals surface area contributed by atoms with Crippen molar-refractivity contribution in [3.8, 4) is 0 Å². The second kappa shape index (κ2) is 8.17. The Morgan fingerprint density at radius 3 is 3.00 bits per heavy atom. The fourth-order valence-corrected chi connectivity index (χ4v) is 2.41. The van der Waals surface area contributed by atoms with Gasteiger partial charge >= 0.3 is 0 Å². The van der Waals surface area contributed by atoms with E-state index in [2.05, 4.69) is 20.8 Å². The lowest BCUT2D eigenvalue weighted by molar-refractivity contribution is -0.116. The standard InChI is InChI=1S/C13H17N5O.2ClH/c19-12(5-4-10-6-7-14-9-10)15-13-17-16-11-3-1-2-8-18(11)13;;/h1-3,8,10,14H,4-7,9H2,(H,15,17,19);2*1H. The van der Waals surface area contributed by atoms with Crippen molar-refractivity contribution in [1.29, 1.82) is 0 Å². The first-order valence-corrected chi connectivity index (χ1v) is 6.63. The van der Waals surface area contributed by atoms with Crippen LogP contribution >= 0.6 is 24.8 Å². The lowest BCUT2D eigenvalue weighted by Crippen LogP contribution is -2.16. The van der Waals surface area contributed by atoms with Crippen molar-refractivity contribution < 1.29 is 4.79 Å². The van der Waals surface area contributed by atoms with Crippen molar-refractivity contribution >= 4 is 42.3 Å². The van der Waals surface area contributed by atoms with Crippen LogP contribution in [0.25, 0.3) is 5.65 Å². The van der Waals surface area contributed by atoms with Gasteiger partial charge in [0.2, 0.25) is 11.9 Å². The topological polar surface area (TPSA) is 71.3 Å². The Balaban J connectivity index is 0.00000110. The molecule has 0 bridgehead atoms. The maximum absolute atomic E-state index is 11.9. The fraction of sp³-hybridized carbons (Fsp3) is 0.462.